The largest absolute Gasteiger partial charge is 0.391 e. The van der Waals surface area contributed by atoms with Crippen LogP contribution in [0.15, 0.2) is 12.2 Å². The minimum atomic E-state index is -0.677. The zero-order valence-corrected chi connectivity index (χ0v) is 6.52. The summed E-state index contributed by atoms with van der Waals surface area (Å²) in [5, 5.41) is 0. The quantitative estimate of drug-likeness (QED) is 0.291. The fourth-order valence-corrected chi connectivity index (χ4v) is 1.27. The predicted octanol–water partition coefficient (Wildman–Crippen LogP) is 0.0295. The third kappa shape index (κ3) is 0.956. The number of fused-ring (bicyclic) bond motifs is 2. The van der Waals surface area contributed by atoms with E-state index in [4.69, 9.17) is 4.74 Å². The molecule has 0 amide bonds. The van der Waals surface area contributed by atoms with Gasteiger partial charge in [0.25, 0.3) is 0 Å². The van der Waals surface area contributed by atoms with E-state index in [9.17, 15) is 9.59 Å². The van der Waals surface area contributed by atoms with Crippen LogP contribution in [0.4, 0.5) is 0 Å². The van der Waals surface area contributed by atoms with Crippen LogP contribution >= 0.6 is 0 Å². The molecule has 2 rings (SSSR count). The molecule has 0 aliphatic carbocycles. The van der Waals surface area contributed by atoms with Gasteiger partial charge in [0.15, 0.2) is 6.10 Å². The predicted molar refractivity (Wildman–Crippen MR) is 38.1 cm³/mol. The molecule has 0 saturated carbocycles. The van der Waals surface area contributed by atoms with E-state index < -0.39 is 24.0 Å². The molecule has 0 N–H and O–H groups in total. The minimum absolute atomic E-state index is 0.297. The van der Waals surface area contributed by atoms with Gasteiger partial charge in [-0.15, -0.1) is 0 Å². The van der Waals surface area contributed by atoms with Crippen LogP contribution in [0.2, 0.25) is 0 Å². The van der Waals surface area contributed by atoms with Crippen molar-refractivity contribution in [2.75, 3.05) is 0 Å². The van der Waals surface area contributed by atoms with Crippen LogP contribution < -0.4 is 0 Å². The summed E-state index contributed by atoms with van der Waals surface area (Å²) in [5.74, 6) is -1.50. The van der Waals surface area contributed by atoms with Crippen LogP contribution in [-0.2, 0) is 19.1 Å². The molecule has 3 unspecified atom stereocenters. The highest BCUT2D eigenvalue weighted by Crippen LogP contribution is 2.24. The van der Waals surface area contributed by atoms with Gasteiger partial charge in [0, 0.05) is 0 Å². The molecule has 0 aromatic rings. The van der Waals surface area contributed by atoms with Gasteiger partial charge in [-0.1, -0.05) is 6.08 Å². The number of esters is 2. The van der Waals surface area contributed by atoms with E-state index in [2.05, 4.69) is 4.74 Å². The second-order valence-corrected chi connectivity index (χ2v) is 2.94. The molecule has 2 aliphatic rings. The second kappa shape index (κ2) is 2.42. The van der Waals surface area contributed by atoms with Crippen molar-refractivity contribution in [1.82, 2.24) is 0 Å². The molecular formula is C8H8O4. The molecule has 0 aromatic heterocycles. The Balaban J connectivity index is 2.31. The van der Waals surface area contributed by atoms with Crippen molar-refractivity contribution in [2.45, 2.75) is 19.1 Å². The summed E-state index contributed by atoms with van der Waals surface area (Å²) in [5.41, 5.74) is 0. The third-order valence-corrected chi connectivity index (χ3v) is 2.08. The van der Waals surface area contributed by atoms with Crippen LogP contribution in [0.5, 0.6) is 0 Å². The van der Waals surface area contributed by atoms with Crippen molar-refractivity contribution in [3.8, 4) is 0 Å². The average Bonchev–Trinajstić information content (AvgIpc) is 2.47. The van der Waals surface area contributed by atoms with E-state index in [0.29, 0.717) is 0 Å². The molecule has 4 heteroatoms. The number of ether oxygens (including phenoxy) is 2. The lowest BCUT2D eigenvalue weighted by Crippen LogP contribution is -2.24. The lowest BCUT2D eigenvalue weighted by Gasteiger charge is -2.10. The standard InChI is InChI=1S/C8H8O4/c1-4-5-2-3-6(11-5)8(10)12-7(4)9/h2-6H,1H3. The molecule has 2 heterocycles. The first kappa shape index (κ1) is 7.49. The number of carbonyl (C=O) groups excluding carboxylic acids is 2. The second-order valence-electron chi connectivity index (χ2n) is 2.94. The number of hydrogen-bond acceptors (Lipinski definition) is 4. The van der Waals surface area contributed by atoms with Crippen LogP contribution in [-0.4, -0.2) is 24.1 Å². The van der Waals surface area contributed by atoms with Crippen LogP contribution in [0.1, 0.15) is 6.92 Å². The summed E-state index contributed by atoms with van der Waals surface area (Å²) >= 11 is 0. The molecule has 3 atom stereocenters. The van der Waals surface area contributed by atoms with E-state index >= 15 is 0 Å². The molecule has 2 bridgehead atoms. The molecule has 12 heavy (non-hydrogen) atoms. The highest BCUT2D eigenvalue weighted by atomic mass is 16.6. The van der Waals surface area contributed by atoms with Gasteiger partial charge in [0.05, 0.1) is 12.0 Å². The number of hydrogen-bond donors (Lipinski definition) is 0. The van der Waals surface area contributed by atoms with Crippen molar-refractivity contribution in [3.63, 3.8) is 0 Å². The number of carbonyl (C=O) groups is 2. The Labute approximate surface area is 69.1 Å². The van der Waals surface area contributed by atoms with E-state index in [-0.39, 0.29) is 6.10 Å². The van der Waals surface area contributed by atoms with Crippen LogP contribution in [0.25, 0.3) is 0 Å². The van der Waals surface area contributed by atoms with E-state index in [1.165, 1.54) is 0 Å². The molecule has 64 valence electrons. The average molecular weight is 168 g/mol. The van der Waals surface area contributed by atoms with Gasteiger partial charge >= 0.3 is 11.9 Å². The maximum absolute atomic E-state index is 11.1. The van der Waals surface area contributed by atoms with Gasteiger partial charge in [0.2, 0.25) is 0 Å². The summed E-state index contributed by atoms with van der Waals surface area (Å²) in [6.45, 7) is 1.68. The minimum Gasteiger partial charge on any atom is -0.391 e. The molecule has 0 spiro atoms. The topological polar surface area (TPSA) is 52.6 Å². The molecule has 1 saturated heterocycles. The maximum atomic E-state index is 11.1. The van der Waals surface area contributed by atoms with E-state index in [0.717, 1.165) is 0 Å². The van der Waals surface area contributed by atoms with Gasteiger partial charge in [-0.05, 0) is 13.0 Å². The fraction of sp³-hybridized carbons (Fsp3) is 0.500. The molecule has 4 nitrogen and oxygen atoms in total. The van der Waals surface area contributed by atoms with Crippen LogP contribution in [0.3, 0.4) is 0 Å². The molecule has 0 radical (unpaired) electrons. The highest BCUT2D eigenvalue weighted by Gasteiger charge is 2.39. The Bertz CT molecular complexity index is 268. The smallest absolute Gasteiger partial charge is 0.346 e. The molecule has 2 aliphatic heterocycles. The lowest BCUT2D eigenvalue weighted by atomic mass is 10.1. The van der Waals surface area contributed by atoms with Gasteiger partial charge in [0.1, 0.15) is 0 Å². The van der Waals surface area contributed by atoms with Gasteiger partial charge in [-0.25, -0.2) is 4.79 Å². The van der Waals surface area contributed by atoms with E-state index in [1.54, 1.807) is 19.1 Å². The van der Waals surface area contributed by atoms with Gasteiger partial charge in [-0.3, -0.25) is 4.79 Å². The Morgan fingerprint density at radius 3 is 2.75 bits per heavy atom. The Hall–Kier alpha value is -1.16. The zero-order chi connectivity index (χ0) is 8.72. The molecule has 0 aromatic carbocycles. The number of cyclic esters (lactones) is 2. The first-order valence-corrected chi connectivity index (χ1v) is 3.78. The van der Waals surface area contributed by atoms with Gasteiger partial charge in [-0.2, -0.15) is 0 Å². The van der Waals surface area contributed by atoms with Gasteiger partial charge < -0.3 is 9.47 Å². The summed E-state index contributed by atoms with van der Waals surface area (Å²) in [7, 11) is 0. The summed E-state index contributed by atoms with van der Waals surface area (Å²) in [6.07, 6.45) is 2.38. The number of rotatable bonds is 0. The fourth-order valence-electron chi connectivity index (χ4n) is 1.27. The zero-order valence-electron chi connectivity index (χ0n) is 6.52. The lowest BCUT2D eigenvalue weighted by molar-refractivity contribution is -0.162. The Morgan fingerprint density at radius 1 is 1.25 bits per heavy atom. The Morgan fingerprint density at radius 2 is 2.00 bits per heavy atom. The molecular weight excluding hydrogens is 160 g/mol. The van der Waals surface area contributed by atoms with Crippen molar-refractivity contribution in [1.29, 1.82) is 0 Å². The Kier molecular flexibility index (Phi) is 1.51. The van der Waals surface area contributed by atoms with E-state index in [1.807, 2.05) is 0 Å². The SMILES string of the molecule is CC1C(=O)OC(=O)C2C=CC1O2. The normalized spacial score (nSPS) is 39.6. The van der Waals surface area contributed by atoms with Crippen molar-refractivity contribution < 1.29 is 19.1 Å². The molecule has 1 fully saturated rings. The van der Waals surface area contributed by atoms with Crippen LogP contribution in [0, 0.1) is 5.92 Å². The highest BCUT2D eigenvalue weighted by molar-refractivity contribution is 5.91. The van der Waals surface area contributed by atoms with Crippen molar-refractivity contribution in [3.05, 3.63) is 12.2 Å². The monoisotopic (exact) mass is 168 g/mol. The summed E-state index contributed by atoms with van der Waals surface area (Å²) in [4.78, 5) is 22.1. The van der Waals surface area contributed by atoms with Crippen molar-refractivity contribution in [2.24, 2.45) is 5.92 Å². The summed E-state index contributed by atoms with van der Waals surface area (Å²) < 4.78 is 9.71. The first-order valence-electron chi connectivity index (χ1n) is 3.78. The first-order chi connectivity index (χ1) is 5.68. The van der Waals surface area contributed by atoms with Crippen molar-refractivity contribution >= 4 is 11.9 Å². The maximum Gasteiger partial charge on any atom is 0.346 e. The third-order valence-electron chi connectivity index (χ3n) is 2.08. The summed E-state index contributed by atoms with van der Waals surface area (Å²) in [6, 6.07) is 0.